The van der Waals surface area contributed by atoms with E-state index in [0.29, 0.717) is 0 Å². The highest BCUT2D eigenvalue weighted by Gasteiger charge is 2.59. The van der Waals surface area contributed by atoms with Crippen molar-refractivity contribution in [2.24, 2.45) is 0 Å². The van der Waals surface area contributed by atoms with Gasteiger partial charge < -0.3 is 18.4 Å². The lowest BCUT2D eigenvalue weighted by atomic mass is 9.61. The summed E-state index contributed by atoms with van der Waals surface area (Å²) < 4.78 is 85.5. The van der Waals surface area contributed by atoms with Crippen LogP contribution in [0.25, 0.3) is 0 Å². The average molecular weight is 510 g/mol. The zero-order chi connectivity index (χ0) is 23.6. The van der Waals surface area contributed by atoms with E-state index in [0.717, 1.165) is 18.8 Å². The fourth-order valence-electron chi connectivity index (χ4n) is 3.15. The highest BCUT2D eigenvalue weighted by Crippen LogP contribution is 2.57. The lowest BCUT2D eigenvalue weighted by molar-refractivity contribution is -0.0186. The molecule has 2 atom stereocenters. The summed E-state index contributed by atoms with van der Waals surface area (Å²) >= 11 is 0. The summed E-state index contributed by atoms with van der Waals surface area (Å²) in [6.07, 6.45) is 1.09. The van der Waals surface area contributed by atoms with Crippen LogP contribution in [0.3, 0.4) is 0 Å². The predicted molar refractivity (Wildman–Crippen MR) is 96.5 cm³/mol. The quantitative estimate of drug-likeness (QED) is 0.379. The Labute approximate surface area is 179 Å². The van der Waals surface area contributed by atoms with Crippen LogP contribution in [0, 0.1) is 0 Å². The highest BCUT2D eigenvalue weighted by molar-refractivity contribution is 7.90. The maximum atomic E-state index is 11.7. The largest absolute Gasteiger partial charge is 0.412 e. The van der Waals surface area contributed by atoms with Crippen molar-refractivity contribution in [3.05, 3.63) is 17.7 Å². The fourth-order valence-corrected chi connectivity index (χ4v) is 4.43. The molecule has 4 rings (SSSR count). The number of hydrogen-bond acceptors (Lipinski definition) is 16. The third-order valence-electron chi connectivity index (χ3n) is 4.58. The van der Waals surface area contributed by atoms with Gasteiger partial charge in [-0.3, -0.25) is 0 Å². The molecule has 32 heavy (non-hydrogen) atoms. The molecule has 3 aromatic rings. The highest BCUT2D eigenvalue weighted by atomic mass is 32.2. The summed E-state index contributed by atoms with van der Waals surface area (Å²) in [7, 11) is -11.6. The normalized spacial score (nSPS) is 24.4. The summed E-state index contributed by atoms with van der Waals surface area (Å²) in [5.41, 5.74) is 0. The summed E-state index contributed by atoms with van der Waals surface area (Å²) in [6, 6.07) is 0. The van der Waals surface area contributed by atoms with Gasteiger partial charge in [0.2, 0.25) is 47.2 Å². The monoisotopic (exact) mass is 510 g/mol. The van der Waals surface area contributed by atoms with E-state index < -0.39 is 69.0 Å². The molecular formula is C13H14N6O10S3. The third-order valence-corrected chi connectivity index (χ3v) is 6.98. The van der Waals surface area contributed by atoms with Crippen LogP contribution in [0.2, 0.25) is 0 Å². The third kappa shape index (κ3) is 3.80. The summed E-state index contributed by atoms with van der Waals surface area (Å²) in [5, 5.41) is 29.8. The van der Waals surface area contributed by atoms with Gasteiger partial charge in [-0.05, 0) is 0 Å². The van der Waals surface area contributed by atoms with Crippen molar-refractivity contribution in [2.45, 2.75) is 39.5 Å². The van der Waals surface area contributed by atoms with Crippen molar-refractivity contribution in [3.63, 3.8) is 0 Å². The molecular weight excluding hydrogens is 496 g/mol. The lowest BCUT2D eigenvalue weighted by Crippen LogP contribution is -2.46. The Hall–Kier alpha value is -2.77. The topological polar surface area (TPSA) is 239 Å². The molecule has 3 aromatic heterocycles. The number of hydrogen-bond donors (Lipinski definition) is 1. The van der Waals surface area contributed by atoms with Gasteiger partial charge in [-0.15, -0.1) is 15.3 Å². The van der Waals surface area contributed by atoms with Gasteiger partial charge in [0, 0.05) is 18.8 Å². The van der Waals surface area contributed by atoms with Crippen LogP contribution in [0.15, 0.2) is 28.9 Å². The molecule has 0 saturated heterocycles. The van der Waals surface area contributed by atoms with Crippen LogP contribution in [0.1, 0.15) is 35.4 Å². The van der Waals surface area contributed by atoms with Crippen molar-refractivity contribution in [1.29, 1.82) is 0 Å². The van der Waals surface area contributed by atoms with Gasteiger partial charge in [0.15, 0.2) is 0 Å². The van der Waals surface area contributed by atoms with Crippen LogP contribution in [-0.2, 0) is 29.5 Å². The van der Waals surface area contributed by atoms with Crippen LogP contribution < -0.4 is 0 Å². The number of aliphatic hydroxyl groups is 1. The molecule has 16 nitrogen and oxygen atoms in total. The molecule has 1 saturated carbocycles. The van der Waals surface area contributed by atoms with Crippen molar-refractivity contribution in [1.82, 2.24) is 30.6 Å². The van der Waals surface area contributed by atoms with Crippen LogP contribution in [-0.4, -0.2) is 85.8 Å². The zero-order valence-electron chi connectivity index (χ0n) is 16.3. The fraction of sp³-hybridized carbons (Fsp3) is 0.538. The second kappa shape index (κ2) is 7.12. The maximum absolute atomic E-state index is 11.7. The molecule has 0 aliphatic heterocycles. The van der Waals surface area contributed by atoms with Gasteiger partial charge in [-0.2, -0.15) is 0 Å². The molecule has 0 amide bonds. The van der Waals surface area contributed by atoms with Crippen LogP contribution >= 0.6 is 0 Å². The van der Waals surface area contributed by atoms with E-state index in [1.54, 1.807) is 0 Å². The van der Waals surface area contributed by atoms with Gasteiger partial charge >= 0.3 is 15.7 Å². The van der Waals surface area contributed by atoms with Crippen LogP contribution in [0.5, 0.6) is 0 Å². The molecule has 0 spiro atoms. The SMILES string of the molecule is CS(=O)(=O)c1nnc(C2C(O)C(c3nnc(S(C)(=O)=O)o3)C2c2nnc(S(C)(=O)=O)o2)o1. The van der Waals surface area contributed by atoms with Gasteiger partial charge in [0.25, 0.3) is 0 Å². The smallest absolute Gasteiger partial charge is 0.335 e. The number of aromatic nitrogens is 6. The van der Waals surface area contributed by atoms with Crippen molar-refractivity contribution < 1.29 is 43.6 Å². The zero-order valence-corrected chi connectivity index (χ0v) is 18.8. The minimum atomic E-state index is -3.87. The first-order chi connectivity index (χ1) is 14.7. The molecule has 2 unspecified atom stereocenters. The molecule has 19 heteroatoms. The molecule has 1 N–H and O–H groups in total. The second-order valence-corrected chi connectivity index (χ2v) is 12.8. The van der Waals surface area contributed by atoms with E-state index in [1.807, 2.05) is 0 Å². The summed E-state index contributed by atoms with van der Waals surface area (Å²) in [4.78, 5) is 0. The Balaban J connectivity index is 1.79. The van der Waals surface area contributed by atoms with Crippen molar-refractivity contribution >= 4 is 29.5 Å². The van der Waals surface area contributed by atoms with Gasteiger partial charge in [0.05, 0.1) is 23.9 Å². The van der Waals surface area contributed by atoms with E-state index in [-0.39, 0.29) is 17.7 Å². The Bertz CT molecular complexity index is 1420. The Morgan fingerprint density at radius 3 is 1.09 bits per heavy atom. The molecule has 0 radical (unpaired) electrons. The molecule has 1 aliphatic carbocycles. The number of rotatable bonds is 6. The van der Waals surface area contributed by atoms with E-state index in [1.165, 1.54) is 0 Å². The second-order valence-electron chi connectivity index (χ2n) is 7.10. The Kier molecular flexibility index (Phi) is 4.99. The summed E-state index contributed by atoms with van der Waals surface area (Å²) in [5.74, 6) is -4.30. The molecule has 1 fully saturated rings. The first-order valence-electron chi connectivity index (χ1n) is 8.46. The van der Waals surface area contributed by atoms with Gasteiger partial charge in [0.1, 0.15) is 0 Å². The van der Waals surface area contributed by atoms with E-state index in [9.17, 15) is 30.4 Å². The van der Waals surface area contributed by atoms with Crippen molar-refractivity contribution in [2.75, 3.05) is 18.8 Å². The lowest BCUT2D eigenvalue weighted by Gasteiger charge is -2.43. The molecule has 1 aliphatic rings. The molecule has 174 valence electrons. The Morgan fingerprint density at radius 2 is 0.844 bits per heavy atom. The van der Waals surface area contributed by atoms with Gasteiger partial charge in [-0.1, -0.05) is 15.3 Å². The number of nitrogens with zero attached hydrogens (tertiary/aromatic N) is 6. The standard InChI is InChI=1S/C13H14N6O10S3/c1-30(21,22)11-17-14-8(27-11)4-5(9-15-18-12(28-9)31(2,23)24)7(20)6(4)10-16-19-13(29-10)32(3,25)26/h4-7,20H,1-3H3. The average Bonchev–Trinajstić information content (AvgIpc) is 3.38. The molecule has 0 bridgehead atoms. The Morgan fingerprint density at radius 1 is 0.562 bits per heavy atom. The predicted octanol–water partition coefficient (Wildman–Crippen LogP) is -1.93. The molecule has 3 heterocycles. The first kappa shape index (κ1) is 22.4. The first-order valence-corrected chi connectivity index (χ1v) is 14.1. The van der Waals surface area contributed by atoms with Gasteiger partial charge in [-0.25, -0.2) is 25.3 Å². The number of aliphatic hydroxyl groups excluding tert-OH is 1. The molecule has 0 aromatic carbocycles. The van der Waals surface area contributed by atoms with E-state index >= 15 is 0 Å². The number of sulfone groups is 3. The maximum Gasteiger partial charge on any atom is 0.335 e. The van der Waals surface area contributed by atoms with Crippen molar-refractivity contribution in [3.8, 4) is 0 Å². The minimum Gasteiger partial charge on any atom is -0.412 e. The summed E-state index contributed by atoms with van der Waals surface area (Å²) in [6.45, 7) is 0. The minimum absolute atomic E-state index is 0.302. The van der Waals surface area contributed by atoms with Crippen LogP contribution in [0.4, 0.5) is 0 Å². The van der Waals surface area contributed by atoms with E-state index in [4.69, 9.17) is 13.3 Å². The van der Waals surface area contributed by atoms with E-state index in [2.05, 4.69) is 30.6 Å².